The average molecular weight is 276 g/mol. The van der Waals surface area contributed by atoms with Gasteiger partial charge >= 0.3 is 0 Å². The maximum atomic E-state index is 4.59. The molecule has 1 aromatic heterocycles. The average Bonchev–Trinajstić information content (AvgIpc) is 2.96. The fraction of sp³-hybridized carbons (Fsp3) is 0.750. The Bertz CT molecular complexity index is 411. The van der Waals surface area contributed by atoms with E-state index in [0.717, 1.165) is 29.9 Å². The Morgan fingerprint density at radius 3 is 2.55 bits per heavy atom. The summed E-state index contributed by atoms with van der Waals surface area (Å²) in [6.07, 6.45) is 8.35. The van der Waals surface area contributed by atoms with E-state index in [0.29, 0.717) is 5.92 Å². The van der Waals surface area contributed by atoms with Crippen LogP contribution in [0.5, 0.6) is 0 Å². The van der Waals surface area contributed by atoms with Crippen LogP contribution in [0.2, 0.25) is 0 Å². The van der Waals surface area contributed by atoms with Crippen LogP contribution in [0.3, 0.4) is 0 Å². The van der Waals surface area contributed by atoms with Crippen molar-refractivity contribution in [2.24, 2.45) is 5.92 Å². The van der Waals surface area contributed by atoms with Gasteiger partial charge in [0.15, 0.2) is 0 Å². The molecule has 0 bridgehead atoms. The molecule has 2 rings (SSSR count). The van der Waals surface area contributed by atoms with Crippen molar-refractivity contribution in [3.05, 3.63) is 11.9 Å². The Morgan fingerprint density at radius 1 is 1.20 bits per heavy atom. The number of nitrogens with zero attached hydrogens (tertiary/aromatic N) is 2. The molecule has 4 heteroatoms. The summed E-state index contributed by atoms with van der Waals surface area (Å²) in [5.74, 6) is 4.06. The van der Waals surface area contributed by atoms with Gasteiger partial charge in [-0.3, -0.25) is 0 Å². The Kier molecular flexibility index (Phi) is 5.62. The largest absolute Gasteiger partial charge is 0.373 e. The molecule has 0 aliphatic heterocycles. The van der Waals surface area contributed by atoms with E-state index in [1.165, 1.54) is 38.5 Å². The topological polar surface area (TPSA) is 49.8 Å². The number of nitrogens with one attached hydrogen (secondary N) is 2. The molecule has 2 N–H and O–H groups in total. The molecule has 112 valence electrons. The first kappa shape index (κ1) is 15.1. The lowest BCUT2D eigenvalue weighted by molar-refractivity contribution is 0.491. The summed E-state index contributed by atoms with van der Waals surface area (Å²) in [4.78, 5) is 9.07. The number of aromatic nitrogens is 2. The third-order valence-electron chi connectivity index (χ3n) is 4.09. The summed E-state index contributed by atoms with van der Waals surface area (Å²) in [5.41, 5.74) is 0. The smallest absolute Gasteiger partial charge is 0.135 e. The van der Waals surface area contributed by atoms with Crippen LogP contribution in [0.15, 0.2) is 6.07 Å². The second kappa shape index (κ2) is 7.46. The van der Waals surface area contributed by atoms with Gasteiger partial charge in [0, 0.05) is 25.6 Å². The van der Waals surface area contributed by atoms with Crippen LogP contribution in [0.4, 0.5) is 11.6 Å². The van der Waals surface area contributed by atoms with Crippen LogP contribution in [0, 0.1) is 5.92 Å². The maximum Gasteiger partial charge on any atom is 0.135 e. The summed E-state index contributed by atoms with van der Waals surface area (Å²) < 4.78 is 0. The standard InChI is InChI=1S/C16H28N4/c1-12(2)16-19-14(17-3)11-15(20-16)18-10-6-9-13-7-4-5-8-13/h11-13H,4-10H2,1-3H3,(H2,17,18,19,20). The highest BCUT2D eigenvalue weighted by molar-refractivity contribution is 5.47. The summed E-state index contributed by atoms with van der Waals surface area (Å²) in [7, 11) is 1.90. The predicted molar refractivity (Wildman–Crippen MR) is 85.3 cm³/mol. The highest BCUT2D eigenvalue weighted by Gasteiger charge is 2.14. The SMILES string of the molecule is CNc1cc(NCCCC2CCCC2)nc(C(C)C)n1. The van der Waals surface area contributed by atoms with E-state index in [1.807, 2.05) is 13.1 Å². The van der Waals surface area contributed by atoms with Gasteiger partial charge in [-0.2, -0.15) is 0 Å². The summed E-state index contributed by atoms with van der Waals surface area (Å²) in [6.45, 7) is 5.26. The zero-order valence-corrected chi connectivity index (χ0v) is 13.1. The van der Waals surface area contributed by atoms with E-state index in [-0.39, 0.29) is 0 Å². The quantitative estimate of drug-likeness (QED) is 0.738. The Morgan fingerprint density at radius 2 is 1.90 bits per heavy atom. The van der Waals surface area contributed by atoms with Crippen molar-refractivity contribution < 1.29 is 0 Å². The van der Waals surface area contributed by atoms with Gasteiger partial charge in [0.25, 0.3) is 0 Å². The van der Waals surface area contributed by atoms with Crippen molar-refractivity contribution in [2.75, 3.05) is 24.2 Å². The fourth-order valence-corrected chi connectivity index (χ4v) is 2.85. The fourth-order valence-electron chi connectivity index (χ4n) is 2.85. The first-order valence-corrected chi connectivity index (χ1v) is 7.99. The minimum atomic E-state index is 0.349. The monoisotopic (exact) mass is 276 g/mol. The van der Waals surface area contributed by atoms with E-state index >= 15 is 0 Å². The molecule has 1 aliphatic carbocycles. The van der Waals surface area contributed by atoms with Crippen molar-refractivity contribution >= 4 is 11.6 Å². The van der Waals surface area contributed by atoms with Crippen LogP contribution >= 0.6 is 0 Å². The van der Waals surface area contributed by atoms with Gasteiger partial charge in [0.05, 0.1) is 0 Å². The van der Waals surface area contributed by atoms with Gasteiger partial charge in [-0.1, -0.05) is 39.5 Å². The molecule has 1 heterocycles. The lowest BCUT2D eigenvalue weighted by Gasteiger charge is -2.12. The molecule has 1 aromatic rings. The van der Waals surface area contributed by atoms with Gasteiger partial charge in [-0.05, 0) is 18.8 Å². The Hall–Kier alpha value is -1.32. The molecule has 0 atom stereocenters. The van der Waals surface area contributed by atoms with Crippen molar-refractivity contribution in [1.82, 2.24) is 9.97 Å². The molecule has 0 unspecified atom stereocenters. The molecular formula is C16H28N4. The lowest BCUT2D eigenvalue weighted by atomic mass is 10.0. The van der Waals surface area contributed by atoms with E-state index < -0.39 is 0 Å². The van der Waals surface area contributed by atoms with Crippen LogP contribution in [-0.4, -0.2) is 23.6 Å². The molecule has 1 aliphatic rings. The van der Waals surface area contributed by atoms with Crippen molar-refractivity contribution in [3.63, 3.8) is 0 Å². The van der Waals surface area contributed by atoms with Crippen molar-refractivity contribution in [2.45, 2.75) is 58.3 Å². The molecule has 0 radical (unpaired) electrons. The third kappa shape index (κ3) is 4.36. The molecule has 4 nitrogen and oxygen atoms in total. The molecule has 0 aromatic carbocycles. The minimum absolute atomic E-state index is 0.349. The first-order chi connectivity index (χ1) is 9.69. The second-order valence-electron chi connectivity index (χ2n) is 6.12. The van der Waals surface area contributed by atoms with Crippen molar-refractivity contribution in [1.29, 1.82) is 0 Å². The predicted octanol–water partition coefficient (Wildman–Crippen LogP) is 4.02. The summed E-state index contributed by atoms with van der Waals surface area (Å²) in [6, 6.07) is 1.99. The molecule has 0 amide bonds. The van der Waals surface area contributed by atoms with Gasteiger partial charge in [-0.25, -0.2) is 9.97 Å². The molecule has 1 saturated carbocycles. The van der Waals surface area contributed by atoms with Crippen LogP contribution < -0.4 is 10.6 Å². The zero-order chi connectivity index (χ0) is 14.4. The first-order valence-electron chi connectivity index (χ1n) is 7.99. The second-order valence-corrected chi connectivity index (χ2v) is 6.12. The van der Waals surface area contributed by atoms with E-state index in [4.69, 9.17) is 0 Å². The molecule has 1 fully saturated rings. The normalized spacial score (nSPS) is 15.8. The Balaban J connectivity index is 1.83. The Labute approximate surface area is 122 Å². The van der Waals surface area contributed by atoms with Gasteiger partial charge in [-0.15, -0.1) is 0 Å². The number of anilines is 2. The molecule has 0 saturated heterocycles. The van der Waals surface area contributed by atoms with Gasteiger partial charge in [0.1, 0.15) is 17.5 Å². The summed E-state index contributed by atoms with van der Waals surface area (Å²) >= 11 is 0. The van der Waals surface area contributed by atoms with Crippen molar-refractivity contribution in [3.8, 4) is 0 Å². The van der Waals surface area contributed by atoms with E-state index in [9.17, 15) is 0 Å². The van der Waals surface area contributed by atoms with Crippen LogP contribution in [0.1, 0.15) is 64.1 Å². The highest BCUT2D eigenvalue weighted by atomic mass is 15.1. The molecule has 20 heavy (non-hydrogen) atoms. The minimum Gasteiger partial charge on any atom is -0.373 e. The maximum absolute atomic E-state index is 4.59. The van der Waals surface area contributed by atoms with E-state index in [1.54, 1.807) is 0 Å². The molecular weight excluding hydrogens is 248 g/mol. The molecule has 0 spiro atoms. The number of rotatable bonds is 7. The number of hydrogen-bond donors (Lipinski definition) is 2. The van der Waals surface area contributed by atoms with E-state index in [2.05, 4.69) is 34.4 Å². The zero-order valence-electron chi connectivity index (χ0n) is 13.1. The van der Waals surface area contributed by atoms with Crippen LogP contribution in [0.25, 0.3) is 0 Å². The van der Waals surface area contributed by atoms with Gasteiger partial charge < -0.3 is 10.6 Å². The highest BCUT2D eigenvalue weighted by Crippen LogP contribution is 2.28. The van der Waals surface area contributed by atoms with Gasteiger partial charge in [0.2, 0.25) is 0 Å². The lowest BCUT2D eigenvalue weighted by Crippen LogP contribution is -2.09. The van der Waals surface area contributed by atoms with Crippen LogP contribution in [-0.2, 0) is 0 Å². The summed E-state index contributed by atoms with van der Waals surface area (Å²) in [5, 5.41) is 6.55. The third-order valence-corrected chi connectivity index (χ3v) is 4.09. The number of hydrogen-bond acceptors (Lipinski definition) is 4.